The molecule has 1 aromatic heterocycles. The first-order valence-corrected chi connectivity index (χ1v) is 7.45. The number of non-ortho nitro benzene ring substituents is 2. The highest BCUT2D eigenvalue weighted by Crippen LogP contribution is 2.38. The van der Waals surface area contributed by atoms with Gasteiger partial charge in [0.2, 0.25) is 0 Å². The van der Waals surface area contributed by atoms with Crippen LogP contribution in [0.5, 0.6) is 5.75 Å². The van der Waals surface area contributed by atoms with E-state index in [4.69, 9.17) is 16.3 Å². The average molecular weight is 356 g/mol. The van der Waals surface area contributed by atoms with Crippen LogP contribution in [0.15, 0.2) is 16.9 Å². The Morgan fingerprint density at radius 1 is 1.25 bits per heavy atom. The Kier molecular flexibility index (Phi) is 5.03. The molecule has 128 valence electrons. The lowest BCUT2D eigenvalue weighted by atomic mass is 10.1. The van der Waals surface area contributed by atoms with Gasteiger partial charge in [-0.05, 0) is 6.42 Å². The number of pyridine rings is 1. The van der Waals surface area contributed by atoms with Gasteiger partial charge in [0, 0.05) is 13.1 Å². The van der Waals surface area contributed by atoms with Crippen LogP contribution in [0, 0.1) is 20.2 Å². The molecule has 0 aliphatic carbocycles. The number of nitro groups is 2. The van der Waals surface area contributed by atoms with Gasteiger partial charge in [0.1, 0.15) is 10.5 Å². The second-order valence-electron chi connectivity index (χ2n) is 5.08. The normalized spacial score (nSPS) is 10.8. The lowest BCUT2D eigenvalue weighted by Crippen LogP contribution is -2.20. The molecule has 2 rings (SSSR count). The van der Waals surface area contributed by atoms with Crippen LogP contribution in [0.25, 0.3) is 10.9 Å². The molecule has 0 aliphatic rings. The van der Waals surface area contributed by atoms with E-state index in [-0.39, 0.29) is 28.3 Å². The van der Waals surface area contributed by atoms with Crippen LogP contribution in [-0.4, -0.2) is 21.0 Å². The summed E-state index contributed by atoms with van der Waals surface area (Å²) in [5, 5.41) is 22.2. The molecule has 0 atom stereocenters. The summed E-state index contributed by atoms with van der Waals surface area (Å²) in [6.45, 7) is 2.16. The minimum atomic E-state index is -0.779. The molecule has 2 aromatic rings. The zero-order valence-corrected chi connectivity index (χ0v) is 13.7. The fraction of sp³-hybridized carbons (Fsp3) is 0.357. The van der Waals surface area contributed by atoms with E-state index in [0.717, 1.165) is 23.1 Å². The first-order chi connectivity index (χ1) is 11.3. The second kappa shape index (κ2) is 6.83. The molecule has 1 aromatic carbocycles. The molecule has 0 fully saturated rings. The Morgan fingerprint density at radius 3 is 2.46 bits per heavy atom. The number of nitro benzene ring substituents is 2. The van der Waals surface area contributed by atoms with Crippen LogP contribution >= 0.6 is 11.6 Å². The summed E-state index contributed by atoms with van der Waals surface area (Å²) in [7, 11) is 1.31. The molecule has 10 heteroatoms. The van der Waals surface area contributed by atoms with Crippen molar-refractivity contribution < 1.29 is 14.6 Å². The standard InChI is InChI=1S/C14H14ClN3O6/c1-3-4-5-24-13-9-6-8(17(20)21)7-10(18(22)23)12(9)16(2)14(19)11(13)15/h6-7H,3-5H2,1-2H3. The predicted octanol–water partition coefficient (Wildman–Crippen LogP) is 3.19. The van der Waals surface area contributed by atoms with Crippen LogP contribution in [0.3, 0.4) is 0 Å². The number of rotatable bonds is 6. The van der Waals surface area contributed by atoms with Gasteiger partial charge in [-0.1, -0.05) is 24.9 Å². The predicted molar refractivity (Wildman–Crippen MR) is 87.9 cm³/mol. The molecule has 24 heavy (non-hydrogen) atoms. The largest absolute Gasteiger partial charge is 0.491 e. The van der Waals surface area contributed by atoms with E-state index in [9.17, 15) is 25.0 Å². The molecular formula is C14H14ClN3O6. The Bertz CT molecular complexity index is 892. The Balaban J connectivity index is 2.91. The lowest BCUT2D eigenvalue weighted by Gasteiger charge is -2.13. The number of fused-ring (bicyclic) bond motifs is 1. The number of hydrogen-bond acceptors (Lipinski definition) is 6. The van der Waals surface area contributed by atoms with Crippen molar-refractivity contribution in [1.29, 1.82) is 0 Å². The molecule has 1 heterocycles. The number of halogens is 1. The monoisotopic (exact) mass is 355 g/mol. The first kappa shape index (κ1) is 17.7. The van der Waals surface area contributed by atoms with Crippen molar-refractivity contribution in [2.75, 3.05) is 6.61 Å². The van der Waals surface area contributed by atoms with E-state index in [1.165, 1.54) is 7.05 Å². The van der Waals surface area contributed by atoms with Gasteiger partial charge in [-0.2, -0.15) is 0 Å². The van der Waals surface area contributed by atoms with Gasteiger partial charge >= 0.3 is 5.69 Å². The maximum Gasteiger partial charge on any atom is 0.300 e. The molecule has 0 aliphatic heterocycles. The first-order valence-electron chi connectivity index (χ1n) is 7.07. The summed E-state index contributed by atoms with van der Waals surface area (Å²) >= 11 is 6.02. The van der Waals surface area contributed by atoms with Gasteiger partial charge in [-0.15, -0.1) is 0 Å². The van der Waals surface area contributed by atoms with E-state index < -0.39 is 26.8 Å². The Morgan fingerprint density at radius 2 is 1.92 bits per heavy atom. The van der Waals surface area contributed by atoms with Gasteiger partial charge < -0.3 is 9.30 Å². The number of hydrogen-bond donors (Lipinski definition) is 0. The van der Waals surface area contributed by atoms with Crippen molar-refractivity contribution >= 4 is 33.9 Å². The summed E-state index contributed by atoms with van der Waals surface area (Å²) < 4.78 is 6.50. The number of ether oxygens (including phenoxy) is 1. The number of aryl methyl sites for hydroxylation is 1. The van der Waals surface area contributed by atoms with Crippen molar-refractivity contribution in [3.05, 3.63) is 47.7 Å². The van der Waals surface area contributed by atoms with Crippen LogP contribution in [0.2, 0.25) is 5.02 Å². The number of benzene rings is 1. The summed E-state index contributed by atoms with van der Waals surface area (Å²) in [4.78, 5) is 33.1. The smallest absolute Gasteiger partial charge is 0.300 e. The fourth-order valence-corrected chi connectivity index (χ4v) is 2.58. The van der Waals surface area contributed by atoms with Crippen LogP contribution < -0.4 is 10.3 Å². The molecule has 0 unspecified atom stereocenters. The third kappa shape index (κ3) is 3.02. The maximum absolute atomic E-state index is 12.2. The van der Waals surface area contributed by atoms with Crippen molar-refractivity contribution in [1.82, 2.24) is 4.57 Å². The number of aromatic nitrogens is 1. The number of unbranched alkanes of at least 4 members (excludes halogenated alkanes) is 1. The zero-order valence-electron chi connectivity index (χ0n) is 12.9. The third-order valence-corrected chi connectivity index (χ3v) is 3.83. The SMILES string of the molecule is CCCCOc1c(Cl)c(=O)n(C)c2c([N+](=O)[O-])cc([N+](=O)[O-])cc12. The summed E-state index contributed by atoms with van der Waals surface area (Å²) in [5.41, 5.74) is -1.79. The minimum absolute atomic E-state index is 0.0547. The van der Waals surface area contributed by atoms with Gasteiger partial charge in [0.15, 0.2) is 5.75 Å². The molecule has 0 bridgehead atoms. The second-order valence-corrected chi connectivity index (χ2v) is 5.46. The molecule has 0 spiro atoms. The summed E-state index contributed by atoms with van der Waals surface area (Å²) in [5.74, 6) is -0.0741. The van der Waals surface area contributed by atoms with Crippen molar-refractivity contribution in [2.45, 2.75) is 19.8 Å². The highest BCUT2D eigenvalue weighted by molar-refractivity contribution is 6.33. The number of nitrogens with zero attached hydrogens (tertiary/aromatic N) is 3. The lowest BCUT2D eigenvalue weighted by molar-refractivity contribution is -0.393. The molecule has 0 radical (unpaired) electrons. The molecule has 0 saturated heterocycles. The van der Waals surface area contributed by atoms with Crippen LogP contribution in [0.4, 0.5) is 11.4 Å². The van der Waals surface area contributed by atoms with E-state index in [1.807, 2.05) is 6.92 Å². The third-order valence-electron chi connectivity index (χ3n) is 3.50. The quantitative estimate of drug-likeness (QED) is 0.446. The Hall–Kier alpha value is -2.68. The van der Waals surface area contributed by atoms with Gasteiger partial charge in [0.25, 0.3) is 11.2 Å². The molecule has 9 nitrogen and oxygen atoms in total. The molecule has 0 amide bonds. The summed E-state index contributed by atoms with van der Waals surface area (Å²) in [6, 6.07) is 1.93. The molecule has 0 N–H and O–H groups in total. The highest BCUT2D eigenvalue weighted by Gasteiger charge is 2.26. The highest BCUT2D eigenvalue weighted by atomic mass is 35.5. The maximum atomic E-state index is 12.2. The van der Waals surface area contributed by atoms with Gasteiger partial charge in [0.05, 0.1) is 27.9 Å². The van der Waals surface area contributed by atoms with E-state index in [1.54, 1.807) is 0 Å². The Labute approximate surface area is 140 Å². The van der Waals surface area contributed by atoms with E-state index in [0.29, 0.717) is 6.42 Å². The van der Waals surface area contributed by atoms with Crippen molar-refractivity contribution in [2.24, 2.45) is 7.05 Å². The zero-order chi connectivity index (χ0) is 18.0. The minimum Gasteiger partial charge on any atom is -0.491 e. The fourth-order valence-electron chi connectivity index (χ4n) is 2.30. The van der Waals surface area contributed by atoms with Crippen LogP contribution in [-0.2, 0) is 7.05 Å². The van der Waals surface area contributed by atoms with Crippen LogP contribution in [0.1, 0.15) is 19.8 Å². The van der Waals surface area contributed by atoms with Gasteiger partial charge in [-0.3, -0.25) is 25.0 Å². The molecule has 0 saturated carbocycles. The van der Waals surface area contributed by atoms with Gasteiger partial charge in [-0.25, -0.2) is 0 Å². The topological polar surface area (TPSA) is 118 Å². The van der Waals surface area contributed by atoms with Crippen molar-refractivity contribution in [3.63, 3.8) is 0 Å². The van der Waals surface area contributed by atoms with Crippen molar-refractivity contribution in [3.8, 4) is 5.75 Å². The average Bonchev–Trinajstić information content (AvgIpc) is 2.54. The van der Waals surface area contributed by atoms with E-state index >= 15 is 0 Å². The molecular weight excluding hydrogens is 342 g/mol. The summed E-state index contributed by atoms with van der Waals surface area (Å²) in [6.07, 6.45) is 1.49. The van der Waals surface area contributed by atoms with E-state index in [2.05, 4.69) is 0 Å².